The molecule has 0 bridgehead atoms. The average Bonchev–Trinajstić information content (AvgIpc) is 3.30. The molecule has 0 radical (unpaired) electrons. The molecule has 8 heteroatoms. The van der Waals surface area contributed by atoms with E-state index >= 15 is 0 Å². The van der Waals surface area contributed by atoms with Gasteiger partial charge in [-0.05, 0) is 19.8 Å². The van der Waals surface area contributed by atoms with Crippen molar-refractivity contribution in [3.05, 3.63) is 23.8 Å². The third kappa shape index (κ3) is 3.26. The summed E-state index contributed by atoms with van der Waals surface area (Å²) in [5.41, 5.74) is 3.36. The molecule has 2 aromatic heterocycles. The predicted molar refractivity (Wildman–Crippen MR) is 91.9 cm³/mol. The molecule has 4 heterocycles. The number of aromatic nitrogens is 4. The van der Waals surface area contributed by atoms with Crippen molar-refractivity contribution < 1.29 is 9.53 Å². The van der Waals surface area contributed by atoms with Crippen LogP contribution < -0.4 is 0 Å². The van der Waals surface area contributed by atoms with Gasteiger partial charge in [0.25, 0.3) is 0 Å². The Balaban J connectivity index is 1.38. The minimum atomic E-state index is -0.180. The first-order valence-corrected chi connectivity index (χ1v) is 8.97. The number of ether oxygens (including phenoxy) is 1. The van der Waals surface area contributed by atoms with Crippen molar-refractivity contribution in [1.82, 2.24) is 30.0 Å². The van der Waals surface area contributed by atoms with Gasteiger partial charge >= 0.3 is 6.09 Å². The summed E-state index contributed by atoms with van der Waals surface area (Å²) in [4.78, 5) is 24.3. The van der Waals surface area contributed by atoms with Gasteiger partial charge in [0.15, 0.2) is 0 Å². The quantitative estimate of drug-likeness (QED) is 0.886. The highest BCUT2D eigenvalue weighted by Gasteiger charge is 2.30. The molecule has 0 saturated carbocycles. The van der Waals surface area contributed by atoms with Crippen molar-refractivity contribution in [2.45, 2.75) is 38.8 Å². The van der Waals surface area contributed by atoms with E-state index in [1.165, 1.54) is 5.69 Å². The maximum Gasteiger partial charge on any atom is 0.409 e. The zero-order valence-electron chi connectivity index (χ0n) is 14.5. The summed E-state index contributed by atoms with van der Waals surface area (Å²) >= 11 is 0. The van der Waals surface area contributed by atoms with Crippen LogP contribution in [0.5, 0.6) is 0 Å². The van der Waals surface area contributed by atoms with Gasteiger partial charge in [0, 0.05) is 44.8 Å². The lowest BCUT2D eigenvalue weighted by molar-refractivity contribution is 0.0701. The molecule has 2 aliphatic rings. The van der Waals surface area contributed by atoms with Crippen molar-refractivity contribution in [2.24, 2.45) is 0 Å². The number of nitrogens with one attached hydrogen (secondary N) is 2. The van der Waals surface area contributed by atoms with Gasteiger partial charge in [-0.25, -0.2) is 9.78 Å². The van der Waals surface area contributed by atoms with Crippen molar-refractivity contribution >= 4 is 6.09 Å². The summed E-state index contributed by atoms with van der Waals surface area (Å²) in [6.07, 6.45) is 6.41. The third-order valence-electron chi connectivity index (χ3n) is 5.14. The van der Waals surface area contributed by atoms with E-state index in [1.807, 2.05) is 18.0 Å². The molecule has 25 heavy (non-hydrogen) atoms. The molecular formula is C17H24N6O2. The van der Waals surface area contributed by atoms with Crippen LogP contribution in [0.4, 0.5) is 4.79 Å². The summed E-state index contributed by atoms with van der Waals surface area (Å²) in [6, 6.07) is 0.513. The first-order valence-electron chi connectivity index (χ1n) is 8.97. The van der Waals surface area contributed by atoms with Crippen LogP contribution in [0.1, 0.15) is 31.2 Å². The van der Waals surface area contributed by atoms with Crippen LogP contribution in [0.3, 0.4) is 0 Å². The van der Waals surface area contributed by atoms with Crippen molar-refractivity contribution in [1.29, 1.82) is 0 Å². The first-order chi connectivity index (χ1) is 12.2. The van der Waals surface area contributed by atoms with E-state index in [2.05, 4.69) is 20.1 Å². The van der Waals surface area contributed by atoms with Gasteiger partial charge in [0.1, 0.15) is 5.82 Å². The number of imidazole rings is 1. The highest BCUT2D eigenvalue weighted by atomic mass is 16.6. The van der Waals surface area contributed by atoms with Crippen LogP contribution in [-0.4, -0.2) is 68.3 Å². The minimum absolute atomic E-state index is 0.180. The second kappa shape index (κ2) is 6.87. The Morgan fingerprint density at radius 1 is 1.36 bits per heavy atom. The summed E-state index contributed by atoms with van der Waals surface area (Å²) in [6.45, 7) is 5.74. The number of aromatic amines is 2. The third-order valence-corrected chi connectivity index (χ3v) is 5.14. The lowest BCUT2D eigenvalue weighted by atomic mass is 10.0. The number of fused-ring (bicyclic) bond motifs is 1. The molecule has 1 fully saturated rings. The topological polar surface area (TPSA) is 90.1 Å². The number of carbonyl (C=O) groups is 1. The molecule has 2 N–H and O–H groups in total. The fraction of sp³-hybridized carbons (Fsp3) is 0.588. The Morgan fingerprint density at radius 3 is 2.92 bits per heavy atom. The van der Waals surface area contributed by atoms with E-state index in [-0.39, 0.29) is 6.09 Å². The van der Waals surface area contributed by atoms with E-state index in [9.17, 15) is 4.79 Å². The van der Waals surface area contributed by atoms with Crippen LogP contribution in [0.25, 0.3) is 11.4 Å². The molecule has 0 aromatic carbocycles. The fourth-order valence-electron chi connectivity index (χ4n) is 3.77. The first kappa shape index (κ1) is 16.1. The summed E-state index contributed by atoms with van der Waals surface area (Å²) < 4.78 is 5.10. The molecule has 2 aromatic rings. The van der Waals surface area contributed by atoms with Crippen LogP contribution in [0, 0.1) is 0 Å². The maximum atomic E-state index is 11.8. The molecular weight excluding hydrogens is 320 g/mol. The molecule has 0 aliphatic carbocycles. The second-order valence-electron chi connectivity index (χ2n) is 6.64. The van der Waals surface area contributed by atoms with Gasteiger partial charge in [-0.3, -0.25) is 10.00 Å². The lowest BCUT2D eigenvalue weighted by Gasteiger charge is -2.39. The van der Waals surface area contributed by atoms with Crippen molar-refractivity contribution in [3.8, 4) is 11.4 Å². The average molecular weight is 344 g/mol. The maximum absolute atomic E-state index is 11.8. The van der Waals surface area contributed by atoms with E-state index in [0.717, 1.165) is 62.5 Å². The van der Waals surface area contributed by atoms with Gasteiger partial charge < -0.3 is 14.6 Å². The zero-order valence-corrected chi connectivity index (χ0v) is 14.5. The monoisotopic (exact) mass is 344 g/mol. The molecule has 1 amide bonds. The largest absolute Gasteiger partial charge is 0.450 e. The van der Waals surface area contributed by atoms with Crippen molar-refractivity contribution in [3.63, 3.8) is 0 Å². The Hall–Kier alpha value is -2.35. The normalized spacial score (nSPS) is 19.0. The summed E-state index contributed by atoms with van der Waals surface area (Å²) in [5, 5.41) is 6.82. The standard InChI is InChI=1S/C17H24N6O2/c1-2-25-17(24)22-6-3-13(4-7-22)23-8-5-14-15(11-23)21-16(20-14)12-9-18-19-10-12/h9-10,13H,2-8,11H2,1H3,(H,18,19)(H,20,21). The Labute approximate surface area is 146 Å². The number of carbonyl (C=O) groups excluding carboxylic acids is 1. The van der Waals surface area contributed by atoms with Gasteiger partial charge in [0.05, 0.1) is 29.8 Å². The number of rotatable bonds is 3. The number of likely N-dealkylation sites (tertiary alicyclic amines) is 1. The van der Waals surface area contributed by atoms with Gasteiger partial charge in [-0.2, -0.15) is 5.10 Å². The van der Waals surface area contributed by atoms with Gasteiger partial charge in [-0.15, -0.1) is 0 Å². The zero-order chi connectivity index (χ0) is 17.2. The molecule has 0 atom stereocenters. The Kier molecular flexibility index (Phi) is 4.44. The van der Waals surface area contributed by atoms with Gasteiger partial charge in [0.2, 0.25) is 0 Å². The Bertz CT molecular complexity index is 718. The Morgan fingerprint density at radius 2 is 2.20 bits per heavy atom. The molecule has 4 rings (SSSR count). The highest BCUT2D eigenvalue weighted by molar-refractivity contribution is 5.67. The molecule has 0 unspecified atom stereocenters. The van der Waals surface area contributed by atoms with E-state index < -0.39 is 0 Å². The number of nitrogens with zero attached hydrogens (tertiary/aromatic N) is 4. The number of piperidine rings is 1. The van der Waals surface area contributed by atoms with E-state index in [0.29, 0.717) is 12.6 Å². The van der Waals surface area contributed by atoms with Crippen LogP contribution >= 0.6 is 0 Å². The smallest absolute Gasteiger partial charge is 0.409 e. The summed E-state index contributed by atoms with van der Waals surface area (Å²) in [7, 11) is 0. The fourth-order valence-corrected chi connectivity index (χ4v) is 3.77. The highest BCUT2D eigenvalue weighted by Crippen LogP contribution is 2.26. The summed E-state index contributed by atoms with van der Waals surface area (Å²) in [5.74, 6) is 0.887. The molecule has 1 saturated heterocycles. The number of amides is 1. The van der Waals surface area contributed by atoms with Crippen molar-refractivity contribution in [2.75, 3.05) is 26.2 Å². The SMILES string of the molecule is CCOC(=O)N1CCC(N2CCc3nc(-c4cn[nH]c4)[nH]c3C2)CC1. The lowest BCUT2D eigenvalue weighted by Crippen LogP contribution is -2.48. The predicted octanol–water partition coefficient (Wildman–Crippen LogP) is 1.78. The number of hydrogen-bond acceptors (Lipinski definition) is 5. The molecule has 0 spiro atoms. The van der Waals surface area contributed by atoms with Crippen LogP contribution in [0.2, 0.25) is 0 Å². The van der Waals surface area contributed by atoms with Crippen LogP contribution in [-0.2, 0) is 17.7 Å². The van der Waals surface area contributed by atoms with Crippen LogP contribution in [0.15, 0.2) is 12.4 Å². The molecule has 8 nitrogen and oxygen atoms in total. The number of H-pyrrole nitrogens is 2. The number of hydrogen-bond donors (Lipinski definition) is 2. The molecule has 134 valence electrons. The minimum Gasteiger partial charge on any atom is -0.450 e. The van der Waals surface area contributed by atoms with E-state index in [1.54, 1.807) is 6.20 Å². The van der Waals surface area contributed by atoms with Gasteiger partial charge in [-0.1, -0.05) is 0 Å². The van der Waals surface area contributed by atoms with E-state index in [4.69, 9.17) is 9.72 Å². The molecule has 2 aliphatic heterocycles. The second-order valence-corrected chi connectivity index (χ2v) is 6.64.